The van der Waals surface area contributed by atoms with Crippen LogP contribution in [0.4, 0.5) is 5.69 Å². The Morgan fingerprint density at radius 1 is 1.00 bits per heavy atom. The van der Waals surface area contributed by atoms with Gasteiger partial charge in [0.05, 0.1) is 0 Å². The number of rotatable bonds is 10. The van der Waals surface area contributed by atoms with Crippen molar-refractivity contribution in [2.75, 3.05) is 5.32 Å². The average Bonchev–Trinajstić information content (AvgIpc) is 2.54. The lowest BCUT2D eigenvalue weighted by atomic mass is 9.82. The van der Waals surface area contributed by atoms with E-state index in [1.807, 2.05) is 12.1 Å². The van der Waals surface area contributed by atoms with Crippen molar-refractivity contribution in [3.63, 3.8) is 0 Å². The first-order chi connectivity index (χ1) is 11.0. The molecule has 0 saturated carbocycles. The summed E-state index contributed by atoms with van der Waals surface area (Å²) in [6.45, 7) is 11.0. The molecule has 1 N–H and O–H groups in total. The molecule has 2 atom stereocenters. The highest BCUT2D eigenvalue weighted by Gasteiger charge is 2.26. The maximum atomic E-state index is 12.8. The molecule has 2 unspecified atom stereocenters. The third-order valence-corrected chi connectivity index (χ3v) is 4.80. The van der Waals surface area contributed by atoms with E-state index in [4.69, 9.17) is 0 Å². The van der Waals surface area contributed by atoms with Crippen LogP contribution in [0.2, 0.25) is 0 Å². The molecule has 1 aromatic carbocycles. The molecule has 2 nitrogen and oxygen atoms in total. The molecule has 0 aromatic heterocycles. The van der Waals surface area contributed by atoms with Gasteiger partial charge in [0.15, 0.2) is 0 Å². The van der Waals surface area contributed by atoms with Crippen molar-refractivity contribution in [3.05, 3.63) is 29.8 Å². The largest absolute Gasteiger partial charge is 0.326 e. The Balaban J connectivity index is 2.76. The van der Waals surface area contributed by atoms with Crippen LogP contribution in [0.25, 0.3) is 0 Å². The maximum absolute atomic E-state index is 12.8. The lowest BCUT2D eigenvalue weighted by molar-refractivity contribution is -0.122. The fourth-order valence-electron chi connectivity index (χ4n) is 3.23. The van der Waals surface area contributed by atoms with Crippen molar-refractivity contribution in [2.24, 2.45) is 11.8 Å². The Bertz CT molecular complexity index is 449. The van der Waals surface area contributed by atoms with Gasteiger partial charge in [-0.25, -0.2) is 0 Å². The molecule has 0 aliphatic heterocycles. The first-order valence-corrected chi connectivity index (χ1v) is 9.44. The van der Waals surface area contributed by atoms with Crippen LogP contribution in [0, 0.1) is 11.8 Å². The molecule has 0 aliphatic rings. The zero-order chi connectivity index (χ0) is 17.2. The summed E-state index contributed by atoms with van der Waals surface area (Å²) in [4.78, 5) is 12.8. The molecule has 1 amide bonds. The van der Waals surface area contributed by atoms with Gasteiger partial charge in [0.2, 0.25) is 5.91 Å². The molecule has 0 fully saturated rings. The van der Waals surface area contributed by atoms with E-state index in [9.17, 15) is 4.79 Å². The first-order valence-electron chi connectivity index (χ1n) is 9.44. The van der Waals surface area contributed by atoms with Gasteiger partial charge in [-0.05, 0) is 42.4 Å². The number of amides is 1. The quantitative estimate of drug-likeness (QED) is 0.533. The van der Waals surface area contributed by atoms with Gasteiger partial charge in [0.25, 0.3) is 0 Å². The number of hydrogen-bond donors (Lipinski definition) is 1. The van der Waals surface area contributed by atoms with Gasteiger partial charge in [-0.15, -0.1) is 0 Å². The van der Waals surface area contributed by atoms with E-state index < -0.39 is 0 Å². The van der Waals surface area contributed by atoms with E-state index in [-0.39, 0.29) is 11.8 Å². The summed E-state index contributed by atoms with van der Waals surface area (Å²) >= 11 is 0. The van der Waals surface area contributed by atoms with Crippen LogP contribution < -0.4 is 5.32 Å². The second kappa shape index (κ2) is 10.5. The van der Waals surface area contributed by atoms with Crippen LogP contribution in [-0.2, 0) is 4.79 Å². The highest BCUT2D eigenvalue weighted by atomic mass is 16.1. The Labute approximate surface area is 143 Å². The minimum atomic E-state index is 0.140. The smallest absolute Gasteiger partial charge is 0.227 e. The molecule has 1 aromatic rings. The van der Waals surface area contributed by atoms with E-state index in [2.05, 4.69) is 52.1 Å². The topological polar surface area (TPSA) is 29.1 Å². The third-order valence-electron chi connectivity index (χ3n) is 4.80. The second-order valence-corrected chi connectivity index (χ2v) is 6.97. The van der Waals surface area contributed by atoms with E-state index in [1.165, 1.54) is 18.4 Å². The number of unbranched alkanes of at least 4 members (excludes halogenated alkanes) is 1. The lowest BCUT2D eigenvalue weighted by Gasteiger charge is -2.25. The lowest BCUT2D eigenvalue weighted by Crippen LogP contribution is -2.29. The molecule has 0 heterocycles. The van der Waals surface area contributed by atoms with E-state index >= 15 is 0 Å². The fourth-order valence-corrected chi connectivity index (χ4v) is 3.23. The highest BCUT2D eigenvalue weighted by molar-refractivity contribution is 5.92. The van der Waals surface area contributed by atoms with Crippen molar-refractivity contribution in [1.29, 1.82) is 0 Å². The Kier molecular flexibility index (Phi) is 8.98. The number of benzene rings is 1. The van der Waals surface area contributed by atoms with Crippen molar-refractivity contribution in [2.45, 2.75) is 79.1 Å². The molecular formula is C21H35NO. The second-order valence-electron chi connectivity index (χ2n) is 6.97. The molecule has 2 heteroatoms. The summed E-state index contributed by atoms with van der Waals surface area (Å²) in [6, 6.07) is 8.29. The van der Waals surface area contributed by atoms with Gasteiger partial charge < -0.3 is 5.32 Å². The fraction of sp³-hybridized carbons (Fsp3) is 0.667. The van der Waals surface area contributed by atoms with Crippen LogP contribution >= 0.6 is 0 Å². The van der Waals surface area contributed by atoms with Crippen molar-refractivity contribution in [1.82, 2.24) is 0 Å². The highest BCUT2D eigenvalue weighted by Crippen LogP contribution is 2.28. The van der Waals surface area contributed by atoms with E-state index in [0.29, 0.717) is 11.8 Å². The zero-order valence-electron chi connectivity index (χ0n) is 15.7. The predicted octanol–water partition coefficient (Wildman–Crippen LogP) is 6.38. The molecule has 130 valence electrons. The summed E-state index contributed by atoms with van der Waals surface area (Å²) in [7, 11) is 0. The molecule has 0 bridgehead atoms. The summed E-state index contributed by atoms with van der Waals surface area (Å²) in [5.41, 5.74) is 2.23. The molecule has 0 spiro atoms. The maximum Gasteiger partial charge on any atom is 0.227 e. The third kappa shape index (κ3) is 6.37. The normalized spacial score (nSPS) is 13.8. The summed E-state index contributed by atoms with van der Waals surface area (Å²) < 4.78 is 0. The molecule has 0 aliphatic carbocycles. The van der Waals surface area contributed by atoms with Crippen LogP contribution in [0.15, 0.2) is 24.3 Å². The van der Waals surface area contributed by atoms with Gasteiger partial charge in [-0.2, -0.15) is 0 Å². The first kappa shape index (κ1) is 19.7. The monoisotopic (exact) mass is 317 g/mol. The van der Waals surface area contributed by atoms with Gasteiger partial charge in [-0.3, -0.25) is 4.79 Å². The molecule has 0 radical (unpaired) electrons. The van der Waals surface area contributed by atoms with E-state index in [0.717, 1.165) is 31.4 Å². The predicted molar refractivity (Wildman–Crippen MR) is 101 cm³/mol. The van der Waals surface area contributed by atoms with Crippen molar-refractivity contribution in [3.8, 4) is 0 Å². The van der Waals surface area contributed by atoms with Gasteiger partial charge >= 0.3 is 0 Å². The van der Waals surface area contributed by atoms with Crippen LogP contribution in [0.1, 0.15) is 84.6 Å². The number of carbonyl (C=O) groups is 1. The van der Waals surface area contributed by atoms with Crippen LogP contribution in [-0.4, -0.2) is 5.91 Å². The van der Waals surface area contributed by atoms with Crippen molar-refractivity contribution < 1.29 is 4.79 Å². The van der Waals surface area contributed by atoms with Gasteiger partial charge in [0, 0.05) is 11.6 Å². The zero-order valence-corrected chi connectivity index (χ0v) is 15.7. The van der Waals surface area contributed by atoms with E-state index in [1.54, 1.807) is 0 Å². The van der Waals surface area contributed by atoms with Gasteiger partial charge in [0.1, 0.15) is 0 Å². The number of carbonyl (C=O) groups excluding carboxylic acids is 1. The number of hydrogen-bond acceptors (Lipinski definition) is 1. The minimum Gasteiger partial charge on any atom is -0.326 e. The van der Waals surface area contributed by atoms with Crippen molar-refractivity contribution >= 4 is 11.6 Å². The summed E-state index contributed by atoms with van der Waals surface area (Å²) in [5, 5.41) is 3.15. The molecule has 23 heavy (non-hydrogen) atoms. The summed E-state index contributed by atoms with van der Waals surface area (Å²) in [6.07, 6.45) is 6.72. The number of nitrogens with one attached hydrogen (secondary N) is 1. The molecule has 1 rings (SSSR count). The Morgan fingerprint density at radius 2 is 1.65 bits per heavy atom. The Hall–Kier alpha value is -1.31. The average molecular weight is 318 g/mol. The molecular weight excluding hydrogens is 282 g/mol. The van der Waals surface area contributed by atoms with Crippen LogP contribution in [0.3, 0.4) is 0 Å². The number of anilines is 1. The van der Waals surface area contributed by atoms with Gasteiger partial charge in [-0.1, -0.05) is 72.4 Å². The SMILES string of the molecule is CCCCC(CC)C(CCC)C(=O)Nc1ccc(C(C)C)cc1. The minimum absolute atomic E-state index is 0.140. The van der Waals surface area contributed by atoms with Crippen LogP contribution in [0.5, 0.6) is 0 Å². The Morgan fingerprint density at radius 3 is 2.13 bits per heavy atom. The standard InChI is InChI=1S/C21H35NO/c1-6-9-11-17(8-3)20(10-7-2)21(23)22-19-14-12-18(13-15-19)16(4)5/h12-17,20H,6-11H2,1-5H3,(H,22,23). The molecule has 0 saturated heterocycles. The summed E-state index contributed by atoms with van der Waals surface area (Å²) in [5.74, 6) is 1.37.